The highest BCUT2D eigenvalue weighted by molar-refractivity contribution is 5.83. The molecule has 1 heterocycles. The van der Waals surface area contributed by atoms with Gasteiger partial charge in [0.05, 0.1) is 32.4 Å². The molecule has 1 aliphatic rings. The third-order valence-corrected chi connectivity index (χ3v) is 2.50. The Morgan fingerprint density at radius 2 is 2.28 bits per heavy atom. The van der Waals surface area contributed by atoms with Crippen molar-refractivity contribution < 1.29 is 24.2 Å². The van der Waals surface area contributed by atoms with Gasteiger partial charge >= 0.3 is 6.03 Å². The molecular formula is C10H19N3O5. The lowest BCUT2D eigenvalue weighted by Gasteiger charge is -2.31. The van der Waals surface area contributed by atoms with Gasteiger partial charge in [-0.05, 0) is 6.42 Å². The first-order valence-corrected chi connectivity index (χ1v) is 5.76. The molecule has 3 amide bonds. The van der Waals surface area contributed by atoms with Gasteiger partial charge in [0.15, 0.2) is 0 Å². The van der Waals surface area contributed by atoms with Crippen LogP contribution in [0, 0.1) is 0 Å². The maximum absolute atomic E-state index is 11.5. The molecule has 18 heavy (non-hydrogen) atoms. The number of ether oxygens (including phenoxy) is 2. The zero-order valence-electron chi connectivity index (χ0n) is 10.1. The first-order valence-electron chi connectivity index (χ1n) is 5.76. The summed E-state index contributed by atoms with van der Waals surface area (Å²) in [4.78, 5) is 22.0. The lowest BCUT2D eigenvalue weighted by molar-refractivity contribution is -0.125. The quantitative estimate of drug-likeness (QED) is 0.438. The van der Waals surface area contributed by atoms with Gasteiger partial charge in [0.25, 0.3) is 0 Å². The Morgan fingerprint density at radius 1 is 1.50 bits per heavy atom. The van der Waals surface area contributed by atoms with Crippen molar-refractivity contribution in [3.63, 3.8) is 0 Å². The smallest absolute Gasteiger partial charge is 0.312 e. The van der Waals surface area contributed by atoms with Crippen molar-refractivity contribution in [2.45, 2.75) is 18.6 Å². The van der Waals surface area contributed by atoms with Crippen LogP contribution >= 0.6 is 0 Å². The van der Waals surface area contributed by atoms with Gasteiger partial charge in [0.2, 0.25) is 5.91 Å². The van der Waals surface area contributed by atoms with Gasteiger partial charge in [-0.15, -0.1) is 0 Å². The minimum Gasteiger partial charge on any atom is -0.394 e. The van der Waals surface area contributed by atoms with Gasteiger partial charge in [-0.2, -0.15) is 0 Å². The summed E-state index contributed by atoms with van der Waals surface area (Å²) in [5.74, 6) is -0.335. The Bertz CT molecular complexity index is 287. The van der Waals surface area contributed by atoms with E-state index in [9.17, 15) is 9.59 Å². The number of urea groups is 1. The van der Waals surface area contributed by atoms with E-state index in [-0.39, 0.29) is 37.8 Å². The molecule has 2 atom stereocenters. The standard InChI is InChI=1S/C10H19N3O5/c11-10(16)12-5-9(15)13-7-1-3-17-6-8(7)18-4-2-14/h7-8,14H,1-6H2,(H,13,15)(H3,11,12,16)/t7-,8-/m1/s1. The molecule has 1 aliphatic heterocycles. The number of carbonyl (C=O) groups is 2. The summed E-state index contributed by atoms with van der Waals surface area (Å²) in [5.41, 5.74) is 4.86. The van der Waals surface area contributed by atoms with Crippen LogP contribution in [-0.4, -0.2) is 62.2 Å². The molecule has 0 saturated carbocycles. The van der Waals surface area contributed by atoms with Gasteiger partial charge in [0.1, 0.15) is 6.10 Å². The van der Waals surface area contributed by atoms with E-state index >= 15 is 0 Å². The van der Waals surface area contributed by atoms with E-state index in [1.807, 2.05) is 0 Å². The maximum atomic E-state index is 11.5. The van der Waals surface area contributed by atoms with Crippen molar-refractivity contribution >= 4 is 11.9 Å². The molecule has 0 aromatic rings. The van der Waals surface area contributed by atoms with Crippen molar-refractivity contribution in [3.05, 3.63) is 0 Å². The fourth-order valence-electron chi connectivity index (χ4n) is 1.67. The summed E-state index contributed by atoms with van der Waals surface area (Å²) < 4.78 is 10.6. The minimum absolute atomic E-state index is 0.0829. The third-order valence-electron chi connectivity index (χ3n) is 2.50. The molecule has 1 saturated heterocycles. The Hall–Kier alpha value is -1.38. The van der Waals surface area contributed by atoms with Crippen LogP contribution in [0.4, 0.5) is 4.79 Å². The van der Waals surface area contributed by atoms with Crippen LogP contribution in [0.25, 0.3) is 0 Å². The topological polar surface area (TPSA) is 123 Å². The third kappa shape index (κ3) is 5.30. The van der Waals surface area contributed by atoms with Crippen molar-refractivity contribution in [3.8, 4) is 0 Å². The monoisotopic (exact) mass is 261 g/mol. The fraction of sp³-hybridized carbons (Fsp3) is 0.800. The average molecular weight is 261 g/mol. The van der Waals surface area contributed by atoms with E-state index in [0.717, 1.165) is 0 Å². The molecule has 0 aromatic heterocycles. The molecule has 1 rings (SSSR count). The number of nitrogens with one attached hydrogen (secondary N) is 2. The highest BCUT2D eigenvalue weighted by Crippen LogP contribution is 2.11. The highest BCUT2D eigenvalue weighted by Gasteiger charge is 2.27. The summed E-state index contributed by atoms with van der Waals surface area (Å²) >= 11 is 0. The van der Waals surface area contributed by atoms with E-state index in [2.05, 4.69) is 10.6 Å². The SMILES string of the molecule is NC(=O)NCC(=O)N[C@@H]1CCOC[C@H]1OCCO. The number of primary amides is 1. The van der Waals surface area contributed by atoms with Crippen molar-refractivity contribution in [1.29, 1.82) is 0 Å². The second kappa shape index (κ2) is 7.85. The molecule has 0 aliphatic carbocycles. The molecule has 8 heteroatoms. The normalized spacial score (nSPS) is 23.4. The number of aliphatic hydroxyl groups excluding tert-OH is 1. The van der Waals surface area contributed by atoms with Crippen molar-refractivity contribution in [1.82, 2.24) is 10.6 Å². The minimum atomic E-state index is -0.745. The van der Waals surface area contributed by atoms with Crippen LogP contribution in [0.15, 0.2) is 0 Å². The first-order chi connectivity index (χ1) is 8.63. The van der Waals surface area contributed by atoms with Gasteiger partial charge < -0.3 is 30.9 Å². The molecule has 0 spiro atoms. The van der Waals surface area contributed by atoms with E-state index < -0.39 is 6.03 Å². The van der Waals surface area contributed by atoms with Gasteiger partial charge in [-0.25, -0.2) is 4.79 Å². The molecule has 0 radical (unpaired) electrons. The zero-order chi connectivity index (χ0) is 13.4. The second-order valence-electron chi connectivity index (χ2n) is 3.89. The van der Waals surface area contributed by atoms with E-state index in [4.69, 9.17) is 20.3 Å². The van der Waals surface area contributed by atoms with Crippen LogP contribution in [0.2, 0.25) is 0 Å². The molecule has 0 aromatic carbocycles. The fourth-order valence-corrected chi connectivity index (χ4v) is 1.67. The van der Waals surface area contributed by atoms with Gasteiger partial charge in [-0.3, -0.25) is 4.79 Å². The number of amides is 3. The van der Waals surface area contributed by atoms with Gasteiger partial charge in [0, 0.05) is 6.61 Å². The number of rotatable bonds is 6. The Morgan fingerprint density at radius 3 is 2.94 bits per heavy atom. The zero-order valence-corrected chi connectivity index (χ0v) is 10.1. The lowest BCUT2D eigenvalue weighted by atomic mass is 10.1. The van der Waals surface area contributed by atoms with E-state index in [1.165, 1.54) is 0 Å². The van der Waals surface area contributed by atoms with Gasteiger partial charge in [-0.1, -0.05) is 0 Å². The summed E-state index contributed by atoms with van der Waals surface area (Å²) in [6.07, 6.45) is 0.335. The molecule has 8 nitrogen and oxygen atoms in total. The number of nitrogens with two attached hydrogens (primary N) is 1. The largest absolute Gasteiger partial charge is 0.394 e. The summed E-state index contributed by atoms with van der Waals surface area (Å²) in [6, 6.07) is -0.933. The maximum Gasteiger partial charge on any atom is 0.312 e. The summed E-state index contributed by atoms with van der Waals surface area (Å²) in [5, 5.41) is 13.6. The molecule has 104 valence electrons. The van der Waals surface area contributed by atoms with E-state index in [0.29, 0.717) is 19.6 Å². The lowest BCUT2D eigenvalue weighted by Crippen LogP contribution is -2.52. The molecule has 0 bridgehead atoms. The molecular weight excluding hydrogens is 242 g/mol. The van der Waals surface area contributed by atoms with E-state index in [1.54, 1.807) is 0 Å². The average Bonchev–Trinajstić information content (AvgIpc) is 2.35. The Kier molecular flexibility index (Phi) is 6.40. The first kappa shape index (κ1) is 14.7. The van der Waals surface area contributed by atoms with Crippen LogP contribution in [0.3, 0.4) is 0 Å². The van der Waals surface area contributed by atoms with Crippen LogP contribution < -0.4 is 16.4 Å². The van der Waals surface area contributed by atoms with Crippen LogP contribution in [-0.2, 0) is 14.3 Å². The summed E-state index contributed by atoms with van der Waals surface area (Å²) in [7, 11) is 0. The molecule has 5 N–H and O–H groups in total. The Balaban J connectivity index is 2.36. The van der Waals surface area contributed by atoms with Crippen molar-refractivity contribution in [2.24, 2.45) is 5.73 Å². The predicted octanol–water partition coefficient (Wildman–Crippen LogP) is -2.06. The molecule has 0 unspecified atom stereocenters. The number of hydrogen-bond acceptors (Lipinski definition) is 5. The van der Waals surface area contributed by atoms with Crippen molar-refractivity contribution in [2.75, 3.05) is 33.0 Å². The number of carbonyl (C=O) groups excluding carboxylic acids is 2. The Labute approximate surface area is 105 Å². The van der Waals surface area contributed by atoms with Crippen LogP contribution in [0.5, 0.6) is 0 Å². The summed E-state index contributed by atoms with van der Waals surface area (Å²) in [6.45, 7) is 0.848. The second-order valence-corrected chi connectivity index (χ2v) is 3.89. The predicted molar refractivity (Wildman–Crippen MR) is 61.8 cm³/mol. The number of aliphatic hydroxyl groups is 1. The molecule has 1 fully saturated rings. The number of hydrogen-bond donors (Lipinski definition) is 4. The highest BCUT2D eigenvalue weighted by atomic mass is 16.5. The van der Waals surface area contributed by atoms with Crippen LogP contribution in [0.1, 0.15) is 6.42 Å².